The molecular formula is C16H24N2S. The van der Waals surface area contributed by atoms with Crippen molar-refractivity contribution >= 4 is 11.3 Å². The van der Waals surface area contributed by atoms with Gasteiger partial charge in [-0.25, -0.2) is 4.98 Å². The van der Waals surface area contributed by atoms with E-state index in [1.807, 2.05) is 16.8 Å². The van der Waals surface area contributed by atoms with E-state index in [9.17, 15) is 0 Å². The van der Waals surface area contributed by atoms with Crippen LogP contribution in [0.5, 0.6) is 0 Å². The Morgan fingerprint density at radius 2 is 1.79 bits per heavy atom. The molecule has 104 valence electrons. The first kappa shape index (κ1) is 12.3. The van der Waals surface area contributed by atoms with Gasteiger partial charge in [0.15, 0.2) is 0 Å². The maximum atomic E-state index is 4.40. The highest BCUT2D eigenvalue weighted by Crippen LogP contribution is 2.54. The molecule has 0 saturated heterocycles. The zero-order chi connectivity index (χ0) is 13.0. The normalized spacial score (nSPS) is 41.7. The average Bonchev–Trinajstić information content (AvgIpc) is 2.79. The third kappa shape index (κ3) is 2.06. The Labute approximate surface area is 120 Å². The summed E-state index contributed by atoms with van der Waals surface area (Å²) in [7, 11) is 0. The van der Waals surface area contributed by atoms with E-state index in [2.05, 4.69) is 24.1 Å². The van der Waals surface area contributed by atoms with Crippen molar-refractivity contribution in [3.63, 3.8) is 0 Å². The van der Waals surface area contributed by atoms with Gasteiger partial charge in [0.25, 0.3) is 0 Å². The van der Waals surface area contributed by atoms with Gasteiger partial charge in [0.05, 0.1) is 11.2 Å². The van der Waals surface area contributed by atoms with Crippen molar-refractivity contribution in [1.82, 2.24) is 10.3 Å². The predicted molar refractivity (Wildman–Crippen MR) is 79.2 cm³/mol. The molecule has 3 heteroatoms. The molecule has 0 radical (unpaired) electrons. The van der Waals surface area contributed by atoms with E-state index in [0.717, 1.165) is 29.7 Å². The molecule has 0 spiro atoms. The van der Waals surface area contributed by atoms with Crippen LogP contribution in [0.4, 0.5) is 0 Å². The first-order chi connectivity index (χ1) is 9.20. The molecule has 1 aromatic rings. The van der Waals surface area contributed by atoms with Gasteiger partial charge in [-0.1, -0.05) is 0 Å². The lowest BCUT2D eigenvalue weighted by atomic mass is 9.54. The molecule has 1 heterocycles. The number of aryl methyl sites for hydroxylation is 1. The van der Waals surface area contributed by atoms with Crippen molar-refractivity contribution < 1.29 is 0 Å². The Kier molecular flexibility index (Phi) is 2.96. The highest BCUT2D eigenvalue weighted by atomic mass is 32.1. The van der Waals surface area contributed by atoms with Crippen molar-refractivity contribution in [2.24, 2.45) is 23.7 Å². The van der Waals surface area contributed by atoms with E-state index in [-0.39, 0.29) is 0 Å². The number of hydrogen-bond donors (Lipinski definition) is 1. The summed E-state index contributed by atoms with van der Waals surface area (Å²) in [5.41, 5.74) is 3.20. The summed E-state index contributed by atoms with van der Waals surface area (Å²) in [5, 5.41) is 3.98. The summed E-state index contributed by atoms with van der Waals surface area (Å²) in [6, 6.07) is 1.26. The first-order valence-electron chi connectivity index (χ1n) is 7.86. The van der Waals surface area contributed by atoms with E-state index >= 15 is 0 Å². The molecule has 1 unspecified atom stereocenters. The molecule has 2 nitrogen and oxygen atoms in total. The van der Waals surface area contributed by atoms with Crippen LogP contribution in [-0.4, -0.2) is 11.0 Å². The van der Waals surface area contributed by atoms with Gasteiger partial charge >= 0.3 is 0 Å². The van der Waals surface area contributed by atoms with Crippen LogP contribution in [0.1, 0.15) is 55.6 Å². The predicted octanol–water partition coefficient (Wildman–Crippen LogP) is 3.93. The number of hydrogen-bond acceptors (Lipinski definition) is 3. The van der Waals surface area contributed by atoms with Gasteiger partial charge in [-0.3, -0.25) is 0 Å². The fourth-order valence-corrected chi connectivity index (χ4v) is 6.11. The van der Waals surface area contributed by atoms with Crippen molar-refractivity contribution in [2.45, 2.75) is 58.0 Å². The standard InChI is InChI=1S/C16H24N2S/c1-9-16(19-8-17-9)10(2)18-15-13-4-11-3-12(6-13)7-14(15)5-11/h8,10-15,18H,3-7H2,1-2H3. The minimum absolute atomic E-state index is 0.482. The van der Waals surface area contributed by atoms with E-state index < -0.39 is 0 Å². The van der Waals surface area contributed by atoms with E-state index in [1.165, 1.54) is 36.3 Å². The second-order valence-electron chi connectivity index (χ2n) is 7.15. The highest BCUT2D eigenvalue weighted by Gasteiger charge is 2.48. The maximum absolute atomic E-state index is 4.40. The SMILES string of the molecule is Cc1ncsc1C(C)NC1C2CC3CC(C2)CC1C3. The van der Waals surface area contributed by atoms with Crippen molar-refractivity contribution in [1.29, 1.82) is 0 Å². The second-order valence-corrected chi connectivity index (χ2v) is 8.03. The van der Waals surface area contributed by atoms with Gasteiger partial charge in [0.2, 0.25) is 0 Å². The van der Waals surface area contributed by atoms with Gasteiger partial charge < -0.3 is 5.32 Å². The average molecular weight is 276 g/mol. The van der Waals surface area contributed by atoms with Crippen LogP contribution in [-0.2, 0) is 0 Å². The zero-order valence-electron chi connectivity index (χ0n) is 11.9. The minimum atomic E-state index is 0.482. The van der Waals surface area contributed by atoms with Crippen LogP contribution in [0.15, 0.2) is 5.51 Å². The summed E-state index contributed by atoms with van der Waals surface area (Å²) in [6.07, 6.45) is 7.54. The summed E-state index contributed by atoms with van der Waals surface area (Å²) in [5.74, 6) is 4.07. The van der Waals surface area contributed by atoms with Crippen molar-refractivity contribution in [2.75, 3.05) is 0 Å². The van der Waals surface area contributed by atoms with Gasteiger partial charge in [0, 0.05) is 17.0 Å². The quantitative estimate of drug-likeness (QED) is 0.905. The molecule has 4 bridgehead atoms. The van der Waals surface area contributed by atoms with Crippen LogP contribution in [0.2, 0.25) is 0 Å². The van der Waals surface area contributed by atoms with Crippen LogP contribution in [0.3, 0.4) is 0 Å². The third-order valence-corrected chi connectivity index (χ3v) is 6.96. The Hall–Kier alpha value is -0.410. The van der Waals surface area contributed by atoms with Gasteiger partial charge in [0.1, 0.15) is 0 Å². The molecule has 1 aromatic heterocycles. The molecule has 0 amide bonds. The lowest BCUT2D eigenvalue weighted by molar-refractivity contribution is -0.0170. The van der Waals surface area contributed by atoms with E-state index in [4.69, 9.17) is 0 Å². The summed E-state index contributed by atoms with van der Waals surface area (Å²) >= 11 is 1.81. The van der Waals surface area contributed by atoms with Gasteiger partial charge in [-0.2, -0.15) is 0 Å². The second kappa shape index (κ2) is 4.56. The molecule has 1 N–H and O–H groups in total. The summed E-state index contributed by atoms with van der Waals surface area (Å²) in [4.78, 5) is 5.84. The van der Waals surface area contributed by atoms with E-state index in [1.54, 1.807) is 6.42 Å². The molecule has 4 aliphatic carbocycles. The molecule has 4 fully saturated rings. The zero-order valence-corrected chi connectivity index (χ0v) is 12.7. The van der Waals surface area contributed by atoms with Crippen LogP contribution in [0, 0.1) is 30.6 Å². The fraction of sp³-hybridized carbons (Fsp3) is 0.812. The Balaban J connectivity index is 1.50. The van der Waals surface area contributed by atoms with Crippen molar-refractivity contribution in [3.05, 3.63) is 16.1 Å². The maximum Gasteiger partial charge on any atom is 0.0798 e. The van der Waals surface area contributed by atoms with E-state index in [0.29, 0.717) is 6.04 Å². The number of rotatable bonds is 3. The smallest absolute Gasteiger partial charge is 0.0798 e. The molecule has 1 atom stereocenters. The highest BCUT2D eigenvalue weighted by molar-refractivity contribution is 7.09. The Morgan fingerprint density at radius 3 is 2.32 bits per heavy atom. The minimum Gasteiger partial charge on any atom is -0.306 e. The number of nitrogens with one attached hydrogen (secondary N) is 1. The molecule has 0 aliphatic heterocycles. The summed E-state index contributed by atoms with van der Waals surface area (Å²) < 4.78 is 0. The van der Waals surface area contributed by atoms with Crippen LogP contribution >= 0.6 is 11.3 Å². The Morgan fingerprint density at radius 1 is 1.16 bits per heavy atom. The topological polar surface area (TPSA) is 24.9 Å². The third-order valence-electron chi connectivity index (χ3n) is 5.85. The van der Waals surface area contributed by atoms with Crippen LogP contribution in [0.25, 0.3) is 0 Å². The molecule has 5 rings (SSSR count). The molecule has 4 saturated carbocycles. The first-order valence-corrected chi connectivity index (χ1v) is 8.74. The largest absolute Gasteiger partial charge is 0.306 e. The molecular weight excluding hydrogens is 252 g/mol. The molecule has 4 aliphatic rings. The molecule has 19 heavy (non-hydrogen) atoms. The van der Waals surface area contributed by atoms with Gasteiger partial charge in [-0.15, -0.1) is 11.3 Å². The Bertz CT molecular complexity index is 439. The lowest BCUT2D eigenvalue weighted by Crippen LogP contribution is -2.54. The van der Waals surface area contributed by atoms with Crippen LogP contribution < -0.4 is 5.32 Å². The number of thiazole rings is 1. The molecule has 0 aromatic carbocycles. The van der Waals surface area contributed by atoms with Crippen molar-refractivity contribution in [3.8, 4) is 0 Å². The number of aromatic nitrogens is 1. The summed E-state index contributed by atoms with van der Waals surface area (Å²) in [6.45, 7) is 4.46. The monoisotopic (exact) mass is 276 g/mol. The fourth-order valence-electron chi connectivity index (χ4n) is 5.29. The van der Waals surface area contributed by atoms with Gasteiger partial charge in [-0.05, 0) is 69.6 Å². The number of nitrogens with zero attached hydrogens (tertiary/aromatic N) is 1. The lowest BCUT2D eigenvalue weighted by Gasteiger charge is -2.55.